The maximum absolute atomic E-state index is 10.6. The second kappa shape index (κ2) is 3.44. The van der Waals surface area contributed by atoms with Crippen LogP contribution < -0.4 is 0 Å². The highest BCUT2D eigenvalue weighted by Crippen LogP contribution is 2.32. The number of hydrogen-bond acceptors (Lipinski definition) is 1. The summed E-state index contributed by atoms with van der Waals surface area (Å²) in [6, 6.07) is 0. The van der Waals surface area contributed by atoms with Crippen LogP contribution in [-0.2, 0) is 4.79 Å². The molecule has 0 aromatic heterocycles. The van der Waals surface area contributed by atoms with E-state index < -0.39 is 5.97 Å². The lowest BCUT2D eigenvalue weighted by molar-refractivity contribution is -0.143. The van der Waals surface area contributed by atoms with Gasteiger partial charge in [0.25, 0.3) is 0 Å². The first-order valence-corrected chi connectivity index (χ1v) is 4.41. The Morgan fingerprint density at radius 2 is 2.18 bits per heavy atom. The Morgan fingerprint density at radius 3 is 2.64 bits per heavy atom. The molecule has 3 unspecified atom stereocenters. The van der Waals surface area contributed by atoms with Crippen LogP contribution >= 0.6 is 11.6 Å². The zero-order chi connectivity index (χ0) is 8.43. The monoisotopic (exact) mass is 176 g/mol. The minimum atomic E-state index is -0.666. The van der Waals surface area contributed by atoms with Crippen molar-refractivity contribution >= 4 is 17.6 Å². The van der Waals surface area contributed by atoms with Crippen LogP contribution in [0, 0.1) is 11.8 Å². The van der Waals surface area contributed by atoms with Gasteiger partial charge in [-0.05, 0) is 25.2 Å². The third-order valence-electron chi connectivity index (χ3n) is 2.41. The van der Waals surface area contributed by atoms with Gasteiger partial charge in [0, 0.05) is 5.38 Å². The molecule has 0 aromatic carbocycles. The molecule has 0 radical (unpaired) electrons. The van der Waals surface area contributed by atoms with Crippen molar-refractivity contribution in [3.8, 4) is 0 Å². The van der Waals surface area contributed by atoms with Crippen molar-refractivity contribution in [3.63, 3.8) is 0 Å². The first-order valence-electron chi connectivity index (χ1n) is 3.98. The molecule has 0 bridgehead atoms. The van der Waals surface area contributed by atoms with Crippen molar-refractivity contribution in [1.82, 2.24) is 0 Å². The van der Waals surface area contributed by atoms with E-state index in [1.807, 2.05) is 6.92 Å². The highest BCUT2D eigenvalue weighted by Gasteiger charge is 2.29. The summed E-state index contributed by atoms with van der Waals surface area (Å²) in [7, 11) is 0. The summed E-state index contributed by atoms with van der Waals surface area (Å²) in [6.45, 7) is 2.02. The third-order valence-corrected chi connectivity index (χ3v) is 3.06. The van der Waals surface area contributed by atoms with Gasteiger partial charge < -0.3 is 5.11 Å². The number of rotatable bonds is 1. The summed E-state index contributed by atoms with van der Waals surface area (Å²) in [4.78, 5) is 10.6. The van der Waals surface area contributed by atoms with Crippen molar-refractivity contribution in [3.05, 3.63) is 0 Å². The molecule has 1 aliphatic carbocycles. The molecule has 1 N–H and O–H groups in total. The third kappa shape index (κ3) is 2.09. The fraction of sp³-hybridized carbons (Fsp3) is 0.875. The van der Waals surface area contributed by atoms with Gasteiger partial charge in [-0.3, -0.25) is 4.79 Å². The summed E-state index contributed by atoms with van der Waals surface area (Å²) in [5.41, 5.74) is 0. The van der Waals surface area contributed by atoms with E-state index in [0.29, 0.717) is 5.92 Å². The van der Waals surface area contributed by atoms with E-state index in [2.05, 4.69) is 0 Å². The normalized spacial score (nSPS) is 38.5. The molecule has 2 nitrogen and oxygen atoms in total. The SMILES string of the molecule is CC1CC(C(=O)O)CCC1Cl. The molecule has 11 heavy (non-hydrogen) atoms. The van der Waals surface area contributed by atoms with Crippen LogP contribution in [0.4, 0.5) is 0 Å². The Hall–Kier alpha value is -0.240. The predicted octanol–water partition coefficient (Wildman–Crippen LogP) is 2.11. The van der Waals surface area contributed by atoms with Crippen LogP contribution in [0.2, 0.25) is 0 Å². The second-order valence-electron chi connectivity index (χ2n) is 3.34. The van der Waals surface area contributed by atoms with Gasteiger partial charge in [-0.25, -0.2) is 0 Å². The minimum Gasteiger partial charge on any atom is -0.481 e. The number of carboxylic acids is 1. The van der Waals surface area contributed by atoms with Crippen molar-refractivity contribution < 1.29 is 9.90 Å². The topological polar surface area (TPSA) is 37.3 Å². The first-order chi connectivity index (χ1) is 5.11. The Labute approximate surface area is 71.5 Å². The largest absolute Gasteiger partial charge is 0.481 e. The molecule has 0 spiro atoms. The van der Waals surface area contributed by atoms with Gasteiger partial charge in [-0.1, -0.05) is 6.92 Å². The zero-order valence-corrected chi connectivity index (χ0v) is 7.34. The molecule has 3 heteroatoms. The molecule has 1 fully saturated rings. The summed E-state index contributed by atoms with van der Waals surface area (Å²) >= 11 is 5.94. The smallest absolute Gasteiger partial charge is 0.306 e. The van der Waals surface area contributed by atoms with E-state index in [4.69, 9.17) is 16.7 Å². The molecule has 0 aromatic rings. The number of hydrogen-bond donors (Lipinski definition) is 1. The van der Waals surface area contributed by atoms with E-state index in [1.54, 1.807) is 0 Å². The fourth-order valence-electron chi connectivity index (χ4n) is 1.58. The fourth-order valence-corrected chi connectivity index (χ4v) is 1.81. The molecule has 0 aliphatic heterocycles. The first kappa shape index (κ1) is 8.85. The number of alkyl halides is 1. The number of carboxylic acid groups (broad SMARTS) is 1. The van der Waals surface area contributed by atoms with Crippen LogP contribution in [0.15, 0.2) is 0 Å². The Balaban J connectivity index is 2.46. The summed E-state index contributed by atoms with van der Waals surface area (Å²) in [6.07, 6.45) is 2.33. The lowest BCUT2D eigenvalue weighted by atomic mass is 9.82. The van der Waals surface area contributed by atoms with Crippen molar-refractivity contribution in [2.24, 2.45) is 11.8 Å². The Morgan fingerprint density at radius 1 is 1.55 bits per heavy atom. The average molecular weight is 177 g/mol. The van der Waals surface area contributed by atoms with E-state index in [1.165, 1.54) is 0 Å². The van der Waals surface area contributed by atoms with Crippen LogP contribution in [0.5, 0.6) is 0 Å². The molecule has 0 amide bonds. The quantitative estimate of drug-likeness (QED) is 0.622. The lowest BCUT2D eigenvalue weighted by Crippen LogP contribution is -2.27. The van der Waals surface area contributed by atoms with Gasteiger partial charge in [-0.2, -0.15) is 0 Å². The summed E-state index contributed by atoms with van der Waals surface area (Å²) in [5, 5.41) is 8.88. The van der Waals surface area contributed by atoms with Crippen LogP contribution in [-0.4, -0.2) is 16.5 Å². The van der Waals surface area contributed by atoms with E-state index in [0.717, 1.165) is 19.3 Å². The van der Waals surface area contributed by atoms with Gasteiger partial charge in [0.05, 0.1) is 5.92 Å². The number of halogens is 1. The van der Waals surface area contributed by atoms with Gasteiger partial charge >= 0.3 is 5.97 Å². The molecular formula is C8H13ClO2. The highest BCUT2D eigenvalue weighted by molar-refractivity contribution is 6.20. The molecule has 1 saturated carbocycles. The second-order valence-corrected chi connectivity index (χ2v) is 3.90. The van der Waals surface area contributed by atoms with Crippen LogP contribution in [0.1, 0.15) is 26.2 Å². The van der Waals surface area contributed by atoms with Crippen LogP contribution in [0.25, 0.3) is 0 Å². The standard InChI is InChI=1S/C8H13ClO2/c1-5-4-6(8(10)11)2-3-7(5)9/h5-7H,2-4H2,1H3,(H,10,11). The molecule has 1 rings (SSSR count). The minimum absolute atomic E-state index is 0.153. The maximum Gasteiger partial charge on any atom is 0.306 e. The van der Waals surface area contributed by atoms with Gasteiger partial charge in [0.2, 0.25) is 0 Å². The van der Waals surface area contributed by atoms with Crippen molar-refractivity contribution in [1.29, 1.82) is 0 Å². The van der Waals surface area contributed by atoms with Gasteiger partial charge in [0.1, 0.15) is 0 Å². The maximum atomic E-state index is 10.6. The molecule has 0 saturated heterocycles. The zero-order valence-electron chi connectivity index (χ0n) is 6.59. The Bertz CT molecular complexity index is 158. The summed E-state index contributed by atoms with van der Waals surface area (Å²) < 4.78 is 0. The van der Waals surface area contributed by atoms with Crippen molar-refractivity contribution in [2.75, 3.05) is 0 Å². The van der Waals surface area contributed by atoms with E-state index in [-0.39, 0.29) is 11.3 Å². The Kier molecular flexibility index (Phi) is 2.77. The van der Waals surface area contributed by atoms with Gasteiger partial charge in [0.15, 0.2) is 0 Å². The molecule has 3 atom stereocenters. The van der Waals surface area contributed by atoms with Crippen molar-refractivity contribution in [2.45, 2.75) is 31.6 Å². The molecule has 0 heterocycles. The molecule has 1 aliphatic rings. The predicted molar refractivity (Wildman–Crippen MR) is 43.8 cm³/mol. The molecule has 64 valence electrons. The average Bonchev–Trinajstić information content (AvgIpc) is 1.94. The molecular weight excluding hydrogens is 164 g/mol. The number of carbonyl (C=O) groups is 1. The lowest BCUT2D eigenvalue weighted by Gasteiger charge is -2.27. The van der Waals surface area contributed by atoms with E-state index >= 15 is 0 Å². The van der Waals surface area contributed by atoms with Gasteiger partial charge in [-0.15, -0.1) is 11.6 Å². The number of aliphatic carboxylic acids is 1. The summed E-state index contributed by atoms with van der Waals surface area (Å²) in [5.74, 6) is -0.466. The highest BCUT2D eigenvalue weighted by atomic mass is 35.5. The van der Waals surface area contributed by atoms with Crippen LogP contribution in [0.3, 0.4) is 0 Å². The van der Waals surface area contributed by atoms with E-state index in [9.17, 15) is 4.79 Å².